The quantitative estimate of drug-likeness (QED) is 0.504. The number of amides is 2. The minimum atomic E-state index is -0.464. The number of rotatable bonds is 2. The van der Waals surface area contributed by atoms with Crippen molar-refractivity contribution in [2.24, 2.45) is 0 Å². The average molecular weight is 367 g/mol. The van der Waals surface area contributed by atoms with Gasteiger partial charge in [0.25, 0.3) is 11.8 Å². The molecule has 134 valence electrons. The minimum Gasteiger partial charge on any atom is -0.318 e. The molecule has 1 N–H and O–H groups in total. The van der Waals surface area contributed by atoms with Crippen molar-refractivity contribution in [2.75, 3.05) is 7.05 Å². The van der Waals surface area contributed by atoms with E-state index in [4.69, 9.17) is 12.2 Å². The van der Waals surface area contributed by atoms with Gasteiger partial charge in [0.1, 0.15) is 5.57 Å². The van der Waals surface area contributed by atoms with E-state index in [0.717, 1.165) is 22.6 Å². The molecule has 1 aromatic carbocycles. The normalized spacial score (nSPS) is 16.4. The van der Waals surface area contributed by atoms with E-state index < -0.39 is 11.8 Å². The van der Waals surface area contributed by atoms with Gasteiger partial charge in [0.15, 0.2) is 5.11 Å². The summed E-state index contributed by atoms with van der Waals surface area (Å²) in [6.45, 7) is 8.14. The predicted octanol–water partition coefficient (Wildman–Crippen LogP) is 2.97. The first-order valence-corrected chi connectivity index (χ1v) is 8.73. The average Bonchev–Trinajstić information content (AvgIpc) is 2.84. The highest BCUT2D eigenvalue weighted by molar-refractivity contribution is 7.80. The Kier molecular flexibility index (Phi) is 4.54. The number of benzene rings is 1. The Balaban J connectivity index is 2.10. The van der Waals surface area contributed by atoms with Gasteiger partial charge in [0.05, 0.1) is 0 Å². The molecule has 0 spiro atoms. The van der Waals surface area contributed by atoms with Crippen LogP contribution >= 0.6 is 12.2 Å². The van der Waals surface area contributed by atoms with E-state index in [1.54, 1.807) is 13.1 Å². The van der Waals surface area contributed by atoms with Crippen LogP contribution in [0.5, 0.6) is 0 Å². The topological polar surface area (TPSA) is 54.3 Å². The highest BCUT2D eigenvalue weighted by Crippen LogP contribution is 2.26. The van der Waals surface area contributed by atoms with E-state index in [9.17, 15) is 9.59 Å². The summed E-state index contributed by atoms with van der Waals surface area (Å²) in [5.41, 5.74) is 6.39. The zero-order valence-corrected chi connectivity index (χ0v) is 16.3. The molecule has 1 saturated heterocycles. The molecule has 0 unspecified atom stereocenters. The number of hydrogen-bond donors (Lipinski definition) is 1. The van der Waals surface area contributed by atoms with E-state index in [0.29, 0.717) is 0 Å². The van der Waals surface area contributed by atoms with Crippen LogP contribution in [0.2, 0.25) is 0 Å². The third-order valence-electron chi connectivity index (χ3n) is 4.67. The van der Waals surface area contributed by atoms with Gasteiger partial charge in [-0.3, -0.25) is 19.8 Å². The first-order chi connectivity index (χ1) is 12.2. The lowest BCUT2D eigenvalue weighted by Crippen LogP contribution is -2.52. The van der Waals surface area contributed by atoms with Crippen LogP contribution < -0.4 is 5.32 Å². The fourth-order valence-electron chi connectivity index (χ4n) is 3.26. The standard InChI is InChI=1S/C20H21N3O2S/c1-11-6-7-17(12(2)8-11)23-13(3)9-15(14(23)4)10-16-18(24)21-20(26)22(5)19(16)25/h6-10H,1-5H3,(H,21,24,26)/b16-10+. The van der Waals surface area contributed by atoms with Crippen LogP contribution in [0, 0.1) is 27.7 Å². The number of thiocarbonyl (C=S) groups is 1. The molecule has 26 heavy (non-hydrogen) atoms. The van der Waals surface area contributed by atoms with Gasteiger partial charge in [0, 0.05) is 24.1 Å². The third kappa shape index (κ3) is 2.97. The molecule has 0 radical (unpaired) electrons. The maximum absolute atomic E-state index is 12.4. The summed E-state index contributed by atoms with van der Waals surface area (Å²) in [6, 6.07) is 8.29. The molecule has 2 heterocycles. The largest absolute Gasteiger partial charge is 0.318 e. The monoisotopic (exact) mass is 367 g/mol. The molecule has 0 bridgehead atoms. The molecule has 2 aromatic rings. The Morgan fingerprint density at radius 3 is 2.42 bits per heavy atom. The van der Waals surface area contributed by atoms with Gasteiger partial charge in [-0.2, -0.15) is 0 Å². The molecule has 1 aliphatic heterocycles. The van der Waals surface area contributed by atoms with Crippen molar-refractivity contribution in [3.05, 3.63) is 57.9 Å². The number of aryl methyl sites for hydroxylation is 3. The fraction of sp³-hybridized carbons (Fsp3) is 0.250. The Morgan fingerprint density at radius 2 is 1.77 bits per heavy atom. The molecule has 2 amide bonds. The van der Waals surface area contributed by atoms with Crippen molar-refractivity contribution >= 4 is 35.2 Å². The molecular formula is C20H21N3O2S. The first-order valence-electron chi connectivity index (χ1n) is 8.32. The van der Waals surface area contributed by atoms with Crippen molar-refractivity contribution in [1.82, 2.24) is 14.8 Å². The van der Waals surface area contributed by atoms with Crippen LogP contribution in [0.15, 0.2) is 29.8 Å². The predicted molar refractivity (Wildman–Crippen MR) is 106 cm³/mol. The second-order valence-corrected chi connectivity index (χ2v) is 7.02. The van der Waals surface area contributed by atoms with Crippen LogP contribution in [0.1, 0.15) is 28.1 Å². The lowest BCUT2D eigenvalue weighted by molar-refractivity contribution is -0.128. The number of carbonyl (C=O) groups is 2. The van der Waals surface area contributed by atoms with E-state index in [1.165, 1.54) is 16.0 Å². The minimum absolute atomic E-state index is 0.0852. The summed E-state index contributed by atoms with van der Waals surface area (Å²) >= 11 is 4.98. The number of likely N-dealkylation sites (N-methyl/N-ethyl adjacent to an activating group) is 1. The summed E-state index contributed by atoms with van der Waals surface area (Å²) in [6.07, 6.45) is 1.64. The molecule has 5 nitrogen and oxygen atoms in total. The zero-order valence-electron chi connectivity index (χ0n) is 15.5. The van der Waals surface area contributed by atoms with Crippen LogP contribution in [-0.4, -0.2) is 33.4 Å². The van der Waals surface area contributed by atoms with E-state index in [2.05, 4.69) is 41.9 Å². The first kappa shape index (κ1) is 18.1. The number of nitrogens with one attached hydrogen (secondary N) is 1. The van der Waals surface area contributed by atoms with E-state index in [1.807, 2.05) is 19.9 Å². The highest BCUT2D eigenvalue weighted by Gasteiger charge is 2.31. The molecule has 1 aromatic heterocycles. The Bertz CT molecular complexity index is 985. The van der Waals surface area contributed by atoms with Gasteiger partial charge in [0.2, 0.25) is 0 Å². The molecular weight excluding hydrogens is 346 g/mol. The van der Waals surface area contributed by atoms with Gasteiger partial charge < -0.3 is 4.57 Å². The van der Waals surface area contributed by atoms with Crippen LogP contribution in [0.3, 0.4) is 0 Å². The van der Waals surface area contributed by atoms with Crippen molar-refractivity contribution in [3.63, 3.8) is 0 Å². The maximum Gasteiger partial charge on any atom is 0.265 e. The lowest BCUT2D eigenvalue weighted by Gasteiger charge is -2.25. The van der Waals surface area contributed by atoms with Gasteiger partial charge in [-0.15, -0.1) is 0 Å². The second-order valence-electron chi connectivity index (χ2n) is 6.63. The molecule has 1 fully saturated rings. The Labute approximate surface area is 158 Å². The summed E-state index contributed by atoms with van der Waals surface area (Å²) in [4.78, 5) is 25.9. The van der Waals surface area contributed by atoms with E-state index >= 15 is 0 Å². The Morgan fingerprint density at radius 1 is 1.08 bits per heavy atom. The lowest BCUT2D eigenvalue weighted by atomic mass is 10.1. The molecule has 0 saturated carbocycles. The second kappa shape index (κ2) is 6.53. The number of carbonyl (C=O) groups excluding carboxylic acids is 2. The molecule has 1 aliphatic rings. The number of aromatic nitrogens is 1. The van der Waals surface area contributed by atoms with Crippen LogP contribution in [0.25, 0.3) is 11.8 Å². The van der Waals surface area contributed by atoms with Crippen molar-refractivity contribution < 1.29 is 9.59 Å². The Hall–Kier alpha value is -2.73. The van der Waals surface area contributed by atoms with Gasteiger partial charge in [-0.05, 0) is 69.2 Å². The van der Waals surface area contributed by atoms with Crippen molar-refractivity contribution in [2.45, 2.75) is 27.7 Å². The maximum atomic E-state index is 12.4. The van der Waals surface area contributed by atoms with Gasteiger partial charge >= 0.3 is 0 Å². The molecule has 3 rings (SSSR count). The SMILES string of the molecule is Cc1ccc(-n2c(C)cc(/C=C3\C(=O)NC(=S)N(C)C3=O)c2C)c(C)c1. The summed E-state index contributed by atoms with van der Waals surface area (Å²) in [7, 11) is 1.55. The number of nitrogens with zero attached hydrogens (tertiary/aromatic N) is 2. The van der Waals surface area contributed by atoms with Crippen LogP contribution in [0.4, 0.5) is 0 Å². The highest BCUT2D eigenvalue weighted by atomic mass is 32.1. The number of hydrogen-bond acceptors (Lipinski definition) is 3. The van der Waals surface area contributed by atoms with Gasteiger partial charge in [-0.1, -0.05) is 17.7 Å². The van der Waals surface area contributed by atoms with Crippen molar-refractivity contribution in [1.29, 1.82) is 0 Å². The third-order valence-corrected chi connectivity index (χ3v) is 5.04. The molecule has 0 aliphatic carbocycles. The van der Waals surface area contributed by atoms with E-state index in [-0.39, 0.29) is 10.7 Å². The summed E-state index contributed by atoms with van der Waals surface area (Å²) in [5.74, 6) is -0.857. The molecule has 0 atom stereocenters. The fourth-order valence-corrected chi connectivity index (χ4v) is 3.44. The summed E-state index contributed by atoms with van der Waals surface area (Å²) in [5, 5.41) is 2.66. The summed E-state index contributed by atoms with van der Waals surface area (Å²) < 4.78 is 2.14. The smallest absolute Gasteiger partial charge is 0.265 e. The molecule has 6 heteroatoms. The van der Waals surface area contributed by atoms with Gasteiger partial charge in [-0.25, -0.2) is 0 Å². The van der Waals surface area contributed by atoms with Crippen molar-refractivity contribution in [3.8, 4) is 5.69 Å². The zero-order chi connectivity index (χ0) is 19.2. The van der Waals surface area contributed by atoms with Crippen LogP contribution in [-0.2, 0) is 9.59 Å².